The van der Waals surface area contributed by atoms with Crippen LogP contribution in [0.5, 0.6) is 0 Å². The standard InChI is InChI=1S/C25H28N4O4/c1-16(2)13-15-28-23(32)20-6-4-5-7-21(20)29-22(31)12-14-25(28,29)24(33)27-19-10-8-18(9-11-19)26-17(3)30/h4-11,16H,12-15H2,1-3H3,(H,26,30)(H,27,33)/t25-/m0/s1. The molecule has 33 heavy (non-hydrogen) atoms. The van der Waals surface area contributed by atoms with E-state index < -0.39 is 11.6 Å². The molecule has 4 amide bonds. The first kappa shape index (κ1) is 22.5. The van der Waals surface area contributed by atoms with Gasteiger partial charge in [-0.25, -0.2) is 0 Å². The van der Waals surface area contributed by atoms with Crippen LogP contribution < -0.4 is 15.5 Å². The number of amides is 4. The molecule has 2 aromatic carbocycles. The topological polar surface area (TPSA) is 98.8 Å². The van der Waals surface area contributed by atoms with Crippen molar-refractivity contribution in [3.05, 3.63) is 54.1 Å². The third-order valence-electron chi connectivity index (χ3n) is 6.13. The molecule has 2 heterocycles. The maximum atomic E-state index is 13.8. The van der Waals surface area contributed by atoms with Crippen LogP contribution in [0.3, 0.4) is 0 Å². The third-order valence-corrected chi connectivity index (χ3v) is 6.13. The van der Waals surface area contributed by atoms with E-state index >= 15 is 0 Å². The molecule has 172 valence electrons. The van der Waals surface area contributed by atoms with Crippen LogP contribution in [0.15, 0.2) is 48.5 Å². The van der Waals surface area contributed by atoms with Gasteiger partial charge in [0.25, 0.3) is 11.8 Å². The van der Waals surface area contributed by atoms with E-state index in [-0.39, 0.29) is 30.6 Å². The molecule has 0 saturated carbocycles. The molecule has 1 atom stereocenters. The van der Waals surface area contributed by atoms with Crippen molar-refractivity contribution >= 4 is 40.7 Å². The summed E-state index contributed by atoms with van der Waals surface area (Å²) in [4.78, 5) is 54.7. The van der Waals surface area contributed by atoms with Crippen molar-refractivity contribution in [3.63, 3.8) is 0 Å². The maximum absolute atomic E-state index is 13.8. The molecule has 0 radical (unpaired) electrons. The number of carbonyl (C=O) groups excluding carboxylic acids is 4. The maximum Gasteiger partial charge on any atom is 0.271 e. The van der Waals surface area contributed by atoms with E-state index in [9.17, 15) is 19.2 Å². The Morgan fingerprint density at radius 2 is 1.64 bits per heavy atom. The molecule has 1 saturated heterocycles. The highest BCUT2D eigenvalue weighted by Crippen LogP contribution is 2.45. The Labute approximate surface area is 192 Å². The van der Waals surface area contributed by atoms with Crippen molar-refractivity contribution in [1.29, 1.82) is 0 Å². The van der Waals surface area contributed by atoms with Gasteiger partial charge in [0, 0.05) is 37.7 Å². The lowest BCUT2D eigenvalue weighted by molar-refractivity contribution is -0.129. The summed E-state index contributed by atoms with van der Waals surface area (Å²) in [5.41, 5.74) is 0.601. The molecule has 2 aliphatic heterocycles. The van der Waals surface area contributed by atoms with Crippen LogP contribution in [-0.4, -0.2) is 40.7 Å². The zero-order valence-corrected chi connectivity index (χ0v) is 19.1. The number of para-hydroxylation sites is 1. The van der Waals surface area contributed by atoms with Gasteiger partial charge in [-0.1, -0.05) is 26.0 Å². The summed E-state index contributed by atoms with van der Waals surface area (Å²) in [5.74, 6) is -0.714. The second-order valence-electron chi connectivity index (χ2n) is 8.91. The van der Waals surface area contributed by atoms with Crippen molar-refractivity contribution in [3.8, 4) is 0 Å². The average Bonchev–Trinajstić information content (AvgIpc) is 3.13. The first-order valence-electron chi connectivity index (χ1n) is 11.2. The number of carbonyl (C=O) groups is 4. The second kappa shape index (κ2) is 8.69. The monoisotopic (exact) mass is 448 g/mol. The Bertz CT molecular complexity index is 1110. The highest BCUT2D eigenvalue weighted by Gasteiger charge is 2.60. The fourth-order valence-electron chi connectivity index (χ4n) is 4.55. The van der Waals surface area contributed by atoms with Crippen LogP contribution in [0.25, 0.3) is 0 Å². The number of nitrogens with one attached hydrogen (secondary N) is 2. The van der Waals surface area contributed by atoms with Crippen molar-refractivity contribution in [2.45, 2.75) is 45.7 Å². The fourth-order valence-corrected chi connectivity index (χ4v) is 4.55. The van der Waals surface area contributed by atoms with Gasteiger partial charge in [-0.2, -0.15) is 0 Å². The Kier molecular flexibility index (Phi) is 5.93. The summed E-state index contributed by atoms with van der Waals surface area (Å²) in [6, 6.07) is 13.7. The molecule has 2 aromatic rings. The number of hydrogen-bond donors (Lipinski definition) is 2. The zero-order chi connectivity index (χ0) is 23.8. The van der Waals surface area contributed by atoms with Crippen LogP contribution in [0.4, 0.5) is 17.1 Å². The van der Waals surface area contributed by atoms with Crippen LogP contribution in [0.1, 0.15) is 50.4 Å². The second-order valence-corrected chi connectivity index (χ2v) is 8.91. The van der Waals surface area contributed by atoms with Crippen molar-refractivity contribution in [1.82, 2.24) is 4.90 Å². The lowest BCUT2D eigenvalue weighted by Crippen LogP contribution is -2.69. The van der Waals surface area contributed by atoms with E-state index in [0.717, 1.165) is 0 Å². The zero-order valence-electron chi connectivity index (χ0n) is 19.1. The van der Waals surface area contributed by atoms with Gasteiger partial charge in [0.2, 0.25) is 17.5 Å². The molecular formula is C25H28N4O4. The van der Waals surface area contributed by atoms with Crippen LogP contribution >= 0.6 is 0 Å². The predicted molar refractivity (Wildman–Crippen MR) is 126 cm³/mol. The molecule has 0 unspecified atom stereocenters. The Balaban J connectivity index is 1.73. The molecule has 2 N–H and O–H groups in total. The minimum atomic E-state index is -1.42. The number of benzene rings is 2. The minimum absolute atomic E-state index is 0.175. The fraction of sp³-hybridized carbons (Fsp3) is 0.360. The van der Waals surface area contributed by atoms with E-state index in [1.165, 1.54) is 11.8 Å². The van der Waals surface area contributed by atoms with Crippen LogP contribution in [-0.2, 0) is 14.4 Å². The van der Waals surface area contributed by atoms with Crippen molar-refractivity contribution in [2.24, 2.45) is 5.92 Å². The molecule has 2 aliphatic rings. The first-order valence-corrected chi connectivity index (χ1v) is 11.2. The van der Waals surface area contributed by atoms with Crippen LogP contribution in [0, 0.1) is 5.92 Å². The molecule has 0 bridgehead atoms. The Hall–Kier alpha value is -3.68. The number of rotatable bonds is 6. The van der Waals surface area contributed by atoms with E-state index in [0.29, 0.717) is 41.5 Å². The SMILES string of the molecule is CC(=O)Nc1ccc(NC(=O)[C@]23CCC(=O)N2c2ccccc2C(=O)N3CCC(C)C)cc1. The van der Waals surface area contributed by atoms with Gasteiger partial charge in [-0.15, -0.1) is 0 Å². The van der Waals surface area contributed by atoms with E-state index in [2.05, 4.69) is 24.5 Å². The largest absolute Gasteiger partial charge is 0.326 e. The van der Waals surface area contributed by atoms with Gasteiger partial charge in [-0.05, 0) is 48.7 Å². The highest BCUT2D eigenvalue weighted by atomic mass is 16.2. The van der Waals surface area contributed by atoms with Gasteiger partial charge < -0.3 is 15.5 Å². The summed E-state index contributed by atoms with van der Waals surface area (Å²) in [5, 5.41) is 5.59. The third kappa shape index (κ3) is 3.97. The number of fused-ring (bicyclic) bond motifs is 3. The number of anilines is 3. The molecule has 1 fully saturated rings. The van der Waals surface area contributed by atoms with E-state index in [4.69, 9.17) is 0 Å². The molecule has 0 aromatic heterocycles. The first-order chi connectivity index (χ1) is 15.7. The molecule has 8 heteroatoms. The lowest BCUT2D eigenvalue weighted by Gasteiger charge is -2.49. The average molecular weight is 449 g/mol. The van der Waals surface area contributed by atoms with Crippen molar-refractivity contribution < 1.29 is 19.2 Å². The summed E-state index contributed by atoms with van der Waals surface area (Å²) in [6.45, 7) is 5.90. The van der Waals surface area contributed by atoms with Gasteiger partial charge in [0.1, 0.15) is 0 Å². The Morgan fingerprint density at radius 1 is 1.00 bits per heavy atom. The molecule has 0 aliphatic carbocycles. The van der Waals surface area contributed by atoms with Gasteiger partial charge in [-0.3, -0.25) is 24.1 Å². The summed E-state index contributed by atoms with van der Waals surface area (Å²) >= 11 is 0. The minimum Gasteiger partial charge on any atom is -0.326 e. The molecule has 0 spiro atoms. The molecular weight excluding hydrogens is 420 g/mol. The van der Waals surface area contributed by atoms with Gasteiger partial charge >= 0.3 is 0 Å². The van der Waals surface area contributed by atoms with Crippen LogP contribution in [0.2, 0.25) is 0 Å². The van der Waals surface area contributed by atoms with E-state index in [1.54, 1.807) is 53.4 Å². The number of nitrogens with zero attached hydrogens (tertiary/aromatic N) is 2. The summed E-state index contributed by atoms with van der Waals surface area (Å²) in [6.07, 6.45) is 1.10. The van der Waals surface area contributed by atoms with Gasteiger partial charge in [0.15, 0.2) is 0 Å². The predicted octanol–water partition coefficient (Wildman–Crippen LogP) is 3.61. The number of hydrogen-bond acceptors (Lipinski definition) is 4. The van der Waals surface area contributed by atoms with Crippen molar-refractivity contribution in [2.75, 3.05) is 22.1 Å². The normalized spacial score (nSPS) is 19.4. The lowest BCUT2D eigenvalue weighted by atomic mass is 9.94. The molecule has 4 rings (SSSR count). The van der Waals surface area contributed by atoms with E-state index in [1.807, 2.05) is 0 Å². The summed E-state index contributed by atoms with van der Waals surface area (Å²) < 4.78 is 0. The molecule has 8 nitrogen and oxygen atoms in total. The smallest absolute Gasteiger partial charge is 0.271 e. The Morgan fingerprint density at radius 3 is 2.27 bits per heavy atom. The quantitative estimate of drug-likeness (QED) is 0.705. The highest BCUT2D eigenvalue weighted by molar-refractivity contribution is 6.18. The van der Waals surface area contributed by atoms with Gasteiger partial charge in [0.05, 0.1) is 11.3 Å². The summed E-state index contributed by atoms with van der Waals surface area (Å²) in [7, 11) is 0.